The Morgan fingerprint density at radius 1 is 1.00 bits per heavy atom. The first-order valence-electron chi connectivity index (χ1n) is 8.80. The second kappa shape index (κ2) is 7.77. The van der Waals surface area contributed by atoms with Gasteiger partial charge in [0.05, 0.1) is 17.9 Å². The van der Waals surface area contributed by atoms with E-state index in [2.05, 4.69) is 35.6 Å². The standard InChI is InChI=1S/C19H19N7O/c27-19(20-13-18-25-24-17-7-4-12-26(17)18)21-14-8-10-16(11-9-14)23-22-15-5-2-1-3-6-15/h1-3,5-6,8-11H,4,7,12-13H2,(H2,20,21,27). The number of carbonyl (C=O) groups excluding carboxylic acids is 1. The second-order valence-corrected chi connectivity index (χ2v) is 6.18. The molecule has 8 heteroatoms. The number of carbonyl (C=O) groups is 1. The molecule has 0 saturated heterocycles. The Bertz CT molecular complexity index is 948. The molecule has 2 heterocycles. The van der Waals surface area contributed by atoms with E-state index >= 15 is 0 Å². The number of hydrogen-bond donors (Lipinski definition) is 2. The van der Waals surface area contributed by atoms with Crippen molar-refractivity contribution >= 4 is 23.1 Å². The van der Waals surface area contributed by atoms with E-state index in [1.807, 2.05) is 30.3 Å². The smallest absolute Gasteiger partial charge is 0.319 e. The summed E-state index contributed by atoms with van der Waals surface area (Å²) in [5, 5.41) is 22.2. The maximum absolute atomic E-state index is 12.1. The highest BCUT2D eigenvalue weighted by Crippen LogP contribution is 2.20. The Morgan fingerprint density at radius 3 is 2.52 bits per heavy atom. The number of nitrogens with one attached hydrogen (secondary N) is 2. The summed E-state index contributed by atoms with van der Waals surface area (Å²) in [5.74, 6) is 1.78. The van der Waals surface area contributed by atoms with Crippen LogP contribution in [0.5, 0.6) is 0 Å². The molecule has 2 amide bonds. The van der Waals surface area contributed by atoms with Crippen LogP contribution in [0.4, 0.5) is 21.9 Å². The van der Waals surface area contributed by atoms with Crippen LogP contribution in [0.15, 0.2) is 64.8 Å². The van der Waals surface area contributed by atoms with E-state index in [1.54, 1.807) is 24.3 Å². The number of benzene rings is 2. The third-order valence-electron chi connectivity index (χ3n) is 4.26. The Labute approximate surface area is 156 Å². The number of urea groups is 1. The fourth-order valence-electron chi connectivity index (χ4n) is 2.90. The maximum atomic E-state index is 12.1. The summed E-state index contributed by atoms with van der Waals surface area (Å²) < 4.78 is 2.06. The summed E-state index contributed by atoms with van der Waals surface area (Å²) in [5.41, 5.74) is 2.18. The molecule has 2 N–H and O–H groups in total. The maximum Gasteiger partial charge on any atom is 0.319 e. The van der Waals surface area contributed by atoms with E-state index in [-0.39, 0.29) is 6.03 Å². The van der Waals surface area contributed by atoms with Gasteiger partial charge in [0.2, 0.25) is 0 Å². The number of amides is 2. The minimum absolute atomic E-state index is 0.288. The van der Waals surface area contributed by atoms with E-state index in [0.29, 0.717) is 17.9 Å². The molecule has 0 unspecified atom stereocenters. The molecule has 0 radical (unpaired) electrons. The molecule has 0 atom stereocenters. The van der Waals surface area contributed by atoms with Gasteiger partial charge in [0, 0.05) is 18.7 Å². The van der Waals surface area contributed by atoms with Gasteiger partial charge in [-0.1, -0.05) is 18.2 Å². The van der Waals surface area contributed by atoms with Gasteiger partial charge in [0.1, 0.15) is 5.82 Å². The van der Waals surface area contributed by atoms with E-state index < -0.39 is 0 Å². The lowest BCUT2D eigenvalue weighted by Gasteiger charge is -2.08. The van der Waals surface area contributed by atoms with Gasteiger partial charge in [0.25, 0.3) is 0 Å². The second-order valence-electron chi connectivity index (χ2n) is 6.18. The van der Waals surface area contributed by atoms with Crippen LogP contribution in [0.25, 0.3) is 0 Å². The molecule has 0 saturated carbocycles. The van der Waals surface area contributed by atoms with Crippen molar-refractivity contribution in [2.24, 2.45) is 10.2 Å². The molecule has 27 heavy (non-hydrogen) atoms. The molecule has 2 aromatic carbocycles. The quantitative estimate of drug-likeness (QED) is 0.673. The first kappa shape index (κ1) is 16.9. The van der Waals surface area contributed by atoms with Crippen LogP contribution >= 0.6 is 0 Å². The minimum atomic E-state index is -0.288. The predicted octanol–water partition coefficient (Wildman–Crippen LogP) is 3.96. The van der Waals surface area contributed by atoms with Gasteiger partial charge in [-0.3, -0.25) is 0 Å². The van der Waals surface area contributed by atoms with E-state index in [4.69, 9.17) is 0 Å². The third-order valence-corrected chi connectivity index (χ3v) is 4.26. The molecule has 0 fully saturated rings. The molecular formula is C19H19N7O. The molecule has 0 spiro atoms. The monoisotopic (exact) mass is 361 g/mol. The van der Waals surface area contributed by atoms with Crippen LogP contribution < -0.4 is 10.6 Å². The van der Waals surface area contributed by atoms with Crippen LogP contribution in [0.1, 0.15) is 18.1 Å². The average Bonchev–Trinajstić information content (AvgIpc) is 3.31. The van der Waals surface area contributed by atoms with Crippen LogP contribution in [-0.2, 0) is 19.5 Å². The van der Waals surface area contributed by atoms with Crippen molar-refractivity contribution in [2.45, 2.75) is 25.9 Å². The zero-order valence-electron chi connectivity index (χ0n) is 14.7. The molecule has 136 valence electrons. The molecule has 1 aliphatic heterocycles. The van der Waals surface area contributed by atoms with Gasteiger partial charge in [-0.2, -0.15) is 10.2 Å². The summed E-state index contributed by atoms with van der Waals surface area (Å²) in [4.78, 5) is 12.1. The summed E-state index contributed by atoms with van der Waals surface area (Å²) >= 11 is 0. The van der Waals surface area contributed by atoms with Crippen LogP contribution in [0, 0.1) is 0 Å². The lowest BCUT2D eigenvalue weighted by atomic mass is 10.3. The van der Waals surface area contributed by atoms with Gasteiger partial charge in [-0.25, -0.2) is 4.79 Å². The van der Waals surface area contributed by atoms with Crippen LogP contribution in [0.2, 0.25) is 0 Å². The van der Waals surface area contributed by atoms with Crippen LogP contribution in [-0.4, -0.2) is 20.8 Å². The lowest BCUT2D eigenvalue weighted by Crippen LogP contribution is -2.29. The number of hydrogen-bond acceptors (Lipinski definition) is 5. The van der Waals surface area contributed by atoms with Crippen molar-refractivity contribution < 1.29 is 4.79 Å². The number of anilines is 1. The normalized spacial score (nSPS) is 12.9. The Kier molecular flexibility index (Phi) is 4.86. The largest absolute Gasteiger partial charge is 0.331 e. The van der Waals surface area contributed by atoms with Gasteiger partial charge in [-0.15, -0.1) is 10.2 Å². The summed E-state index contributed by atoms with van der Waals surface area (Å²) in [6.45, 7) is 1.27. The number of azo groups is 1. The molecule has 3 aromatic rings. The highest BCUT2D eigenvalue weighted by Gasteiger charge is 2.17. The van der Waals surface area contributed by atoms with Crippen molar-refractivity contribution in [3.05, 3.63) is 66.2 Å². The molecular weight excluding hydrogens is 342 g/mol. The Hall–Kier alpha value is -3.55. The van der Waals surface area contributed by atoms with Crippen molar-refractivity contribution in [1.29, 1.82) is 0 Å². The van der Waals surface area contributed by atoms with Gasteiger partial charge in [-0.05, 0) is 42.8 Å². The predicted molar refractivity (Wildman–Crippen MR) is 101 cm³/mol. The first-order valence-corrected chi connectivity index (χ1v) is 8.80. The average molecular weight is 361 g/mol. The topological polar surface area (TPSA) is 96.6 Å². The third kappa shape index (κ3) is 4.17. The highest BCUT2D eigenvalue weighted by molar-refractivity contribution is 5.89. The van der Waals surface area contributed by atoms with E-state index in [0.717, 1.165) is 36.7 Å². The van der Waals surface area contributed by atoms with Gasteiger partial charge in [0.15, 0.2) is 5.82 Å². The molecule has 4 rings (SSSR count). The Morgan fingerprint density at radius 2 is 1.74 bits per heavy atom. The van der Waals surface area contributed by atoms with E-state index in [1.165, 1.54) is 0 Å². The summed E-state index contributed by atoms with van der Waals surface area (Å²) in [6.07, 6.45) is 2.03. The van der Waals surface area contributed by atoms with E-state index in [9.17, 15) is 4.79 Å². The highest BCUT2D eigenvalue weighted by atomic mass is 16.2. The summed E-state index contributed by atoms with van der Waals surface area (Å²) in [7, 11) is 0. The van der Waals surface area contributed by atoms with Crippen molar-refractivity contribution in [1.82, 2.24) is 20.1 Å². The van der Waals surface area contributed by atoms with Crippen molar-refractivity contribution in [3.8, 4) is 0 Å². The fraction of sp³-hybridized carbons (Fsp3) is 0.211. The lowest BCUT2D eigenvalue weighted by molar-refractivity contribution is 0.251. The molecule has 1 aromatic heterocycles. The number of aromatic nitrogens is 3. The number of rotatable bonds is 5. The zero-order chi connectivity index (χ0) is 18.5. The number of fused-ring (bicyclic) bond motifs is 1. The van der Waals surface area contributed by atoms with Crippen molar-refractivity contribution in [2.75, 3.05) is 5.32 Å². The molecule has 0 aliphatic carbocycles. The first-order chi connectivity index (χ1) is 13.3. The molecule has 1 aliphatic rings. The Balaban J connectivity index is 1.30. The van der Waals surface area contributed by atoms with Crippen LogP contribution in [0.3, 0.4) is 0 Å². The van der Waals surface area contributed by atoms with Gasteiger partial charge >= 0.3 is 6.03 Å². The fourth-order valence-corrected chi connectivity index (χ4v) is 2.90. The summed E-state index contributed by atoms with van der Waals surface area (Å²) in [6, 6.07) is 16.4. The SMILES string of the molecule is O=C(NCc1nnc2n1CCC2)Nc1ccc(N=Nc2ccccc2)cc1. The molecule has 8 nitrogen and oxygen atoms in total. The number of aryl methyl sites for hydroxylation is 1. The minimum Gasteiger partial charge on any atom is -0.331 e. The zero-order valence-corrected chi connectivity index (χ0v) is 14.7. The van der Waals surface area contributed by atoms with Crippen molar-refractivity contribution in [3.63, 3.8) is 0 Å². The number of nitrogens with zero attached hydrogens (tertiary/aromatic N) is 5. The van der Waals surface area contributed by atoms with Gasteiger partial charge < -0.3 is 15.2 Å². The molecule has 0 bridgehead atoms.